The summed E-state index contributed by atoms with van der Waals surface area (Å²) in [5.74, 6) is 2.94. The van der Waals surface area contributed by atoms with Crippen molar-refractivity contribution in [1.82, 2.24) is 0 Å². The van der Waals surface area contributed by atoms with E-state index in [1.165, 1.54) is 7.11 Å². The minimum absolute atomic E-state index is 0.119. The van der Waals surface area contributed by atoms with Gasteiger partial charge in [-0.1, -0.05) is 30.3 Å². The minimum atomic E-state index is -0.768. The third-order valence-corrected chi connectivity index (χ3v) is 7.14. The third kappa shape index (κ3) is 6.35. The number of ether oxygens (including phenoxy) is 6. The summed E-state index contributed by atoms with van der Waals surface area (Å²) in [4.78, 5) is 22.9. The van der Waals surface area contributed by atoms with Gasteiger partial charge in [0.15, 0.2) is 17.2 Å². The Morgan fingerprint density at radius 2 is 1.50 bits per heavy atom. The van der Waals surface area contributed by atoms with E-state index >= 15 is 0 Å². The lowest BCUT2D eigenvalue weighted by Gasteiger charge is -2.19. The van der Waals surface area contributed by atoms with Crippen molar-refractivity contribution in [3.8, 4) is 39.9 Å². The molecule has 1 amide bonds. The second-order valence-corrected chi connectivity index (χ2v) is 9.49. The molecule has 9 nitrogen and oxygen atoms in total. The molecule has 0 unspecified atom stereocenters. The molecule has 4 aromatic carbocycles. The number of benzene rings is 3. The lowest BCUT2D eigenvalue weighted by Crippen LogP contribution is -2.12. The van der Waals surface area contributed by atoms with Gasteiger partial charge in [-0.25, -0.2) is 4.79 Å². The van der Waals surface area contributed by atoms with Gasteiger partial charge in [0.25, 0.3) is 0 Å². The molecule has 0 aromatic heterocycles. The molecular weight excluding hydrogens is 538 g/mol. The highest BCUT2D eigenvalue weighted by molar-refractivity contribution is 5.87. The number of nitrogens with two attached hydrogens (primary N) is 1. The van der Waals surface area contributed by atoms with Crippen molar-refractivity contribution in [3.63, 3.8) is 0 Å². The number of hydrogen-bond acceptors (Lipinski definition) is 8. The molecule has 5 rings (SSSR count). The Kier molecular flexibility index (Phi) is 9.75. The minimum Gasteiger partial charge on any atom is -0.497 e. The number of methoxy groups -OCH3 is 5. The van der Waals surface area contributed by atoms with Crippen LogP contribution in [0.3, 0.4) is 0 Å². The van der Waals surface area contributed by atoms with E-state index < -0.39 is 6.09 Å². The predicted molar refractivity (Wildman–Crippen MR) is 161 cm³/mol. The summed E-state index contributed by atoms with van der Waals surface area (Å²) < 4.78 is 31.8. The first-order valence-electron chi connectivity index (χ1n) is 13.4. The van der Waals surface area contributed by atoms with Gasteiger partial charge in [-0.3, -0.25) is 4.79 Å². The van der Waals surface area contributed by atoms with E-state index in [0.29, 0.717) is 23.0 Å². The Bertz CT molecular complexity index is 1650. The first-order chi connectivity index (χ1) is 20.3. The van der Waals surface area contributed by atoms with E-state index in [2.05, 4.69) is 0 Å². The van der Waals surface area contributed by atoms with Gasteiger partial charge in [0.05, 0.1) is 35.5 Å². The van der Waals surface area contributed by atoms with Crippen LogP contribution in [0.2, 0.25) is 0 Å². The maximum Gasteiger partial charge on any atom is 0.404 e. The molecule has 0 heterocycles. The summed E-state index contributed by atoms with van der Waals surface area (Å²) >= 11 is 0. The molecule has 0 saturated heterocycles. The third-order valence-electron chi connectivity index (χ3n) is 7.14. The van der Waals surface area contributed by atoms with E-state index in [0.717, 1.165) is 63.6 Å². The lowest BCUT2D eigenvalue weighted by molar-refractivity contribution is 0.150. The molecule has 9 heteroatoms. The Labute approximate surface area is 244 Å². The molecule has 0 bridgehead atoms. The molecule has 0 aliphatic heterocycles. The van der Waals surface area contributed by atoms with Crippen LogP contribution in [0.25, 0.3) is 21.9 Å². The molecule has 0 fully saturated rings. The number of amides is 1. The standard InChI is InChI=1S/C20H22O5.C13H13NO3/c1-22-16-9-8-14-12(10-15(16)21)6-5-7-13-11-17(23-2)19(24-3)20(25-4)18(13)14;1-16-11-5-6-12-9(7-11)3-2-4-10(12)8-17-13(14)15/h8-11H,5-7H2,1-4H3;2-7H,8H2,1H3,(H2,14,15). The number of aryl methyl sites for hydroxylation is 2. The van der Waals surface area contributed by atoms with Crippen molar-refractivity contribution in [2.45, 2.75) is 25.9 Å². The van der Waals surface area contributed by atoms with Crippen LogP contribution in [-0.4, -0.2) is 41.6 Å². The van der Waals surface area contributed by atoms with Gasteiger partial charge >= 0.3 is 6.09 Å². The number of carbonyl (C=O) groups is 1. The van der Waals surface area contributed by atoms with Gasteiger partial charge in [0.2, 0.25) is 11.2 Å². The van der Waals surface area contributed by atoms with Crippen molar-refractivity contribution >= 4 is 16.9 Å². The highest BCUT2D eigenvalue weighted by atomic mass is 16.5. The zero-order chi connectivity index (χ0) is 30.2. The van der Waals surface area contributed by atoms with Crippen LogP contribution in [0.1, 0.15) is 23.1 Å². The molecule has 0 radical (unpaired) electrons. The van der Waals surface area contributed by atoms with E-state index in [1.807, 2.05) is 48.5 Å². The molecule has 1 aliphatic carbocycles. The fraction of sp³-hybridized carbons (Fsp3) is 0.273. The number of hydrogen-bond donors (Lipinski definition) is 1. The largest absolute Gasteiger partial charge is 0.497 e. The fourth-order valence-electron chi connectivity index (χ4n) is 5.17. The highest BCUT2D eigenvalue weighted by Crippen LogP contribution is 2.48. The maximum atomic E-state index is 12.3. The quantitative estimate of drug-likeness (QED) is 0.300. The van der Waals surface area contributed by atoms with Gasteiger partial charge in [-0.15, -0.1) is 0 Å². The molecule has 4 aromatic rings. The van der Waals surface area contributed by atoms with Crippen LogP contribution in [0.4, 0.5) is 4.79 Å². The first kappa shape index (κ1) is 30.0. The Balaban J connectivity index is 0.000000208. The van der Waals surface area contributed by atoms with Crippen molar-refractivity contribution in [2.24, 2.45) is 5.73 Å². The van der Waals surface area contributed by atoms with Crippen LogP contribution < -0.4 is 34.8 Å². The molecule has 0 saturated carbocycles. The van der Waals surface area contributed by atoms with E-state index in [9.17, 15) is 9.59 Å². The topological polar surface area (TPSA) is 116 Å². The fourth-order valence-corrected chi connectivity index (χ4v) is 5.17. The van der Waals surface area contributed by atoms with Gasteiger partial charge < -0.3 is 34.2 Å². The van der Waals surface area contributed by atoms with Gasteiger partial charge in [-0.05, 0) is 82.6 Å². The summed E-state index contributed by atoms with van der Waals surface area (Å²) in [5, 5.41) is 2.06. The highest BCUT2D eigenvalue weighted by Gasteiger charge is 2.25. The molecule has 1 aliphatic rings. The van der Waals surface area contributed by atoms with Crippen LogP contribution in [0.15, 0.2) is 65.5 Å². The summed E-state index contributed by atoms with van der Waals surface area (Å²) in [6.07, 6.45) is 1.85. The number of primary amides is 1. The van der Waals surface area contributed by atoms with E-state index in [-0.39, 0.29) is 12.0 Å². The summed E-state index contributed by atoms with van der Waals surface area (Å²) in [5.41, 5.74) is 9.76. The lowest BCUT2D eigenvalue weighted by atomic mass is 9.96. The SMILES string of the molecule is COc1cc2c(c(OC)c1OC)-c1ccc(OC)c(=O)cc1CCC2.COc1ccc2c(COC(N)=O)cccc2c1. The Hall–Kier alpha value is -4.92. The van der Waals surface area contributed by atoms with Crippen LogP contribution in [-0.2, 0) is 24.2 Å². The summed E-state index contributed by atoms with van der Waals surface area (Å²) in [6.45, 7) is 0.180. The van der Waals surface area contributed by atoms with Crippen molar-refractivity contribution in [3.05, 3.63) is 87.6 Å². The monoisotopic (exact) mass is 573 g/mol. The maximum absolute atomic E-state index is 12.3. The Morgan fingerprint density at radius 3 is 2.17 bits per heavy atom. The molecule has 0 atom stereocenters. The summed E-state index contributed by atoms with van der Waals surface area (Å²) in [6, 6.07) is 18.8. The average Bonchev–Trinajstić information content (AvgIpc) is 3.27. The van der Waals surface area contributed by atoms with E-state index in [1.54, 1.807) is 40.6 Å². The number of carbonyl (C=O) groups excluding carboxylic acids is 1. The summed E-state index contributed by atoms with van der Waals surface area (Å²) in [7, 11) is 7.95. The van der Waals surface area contributed by atoms with Crippen LogP contribution in [0.5, 0.6) is 28.7 Å². The van der Waals surface area contributed by atoms with Gasteiger partial charge in [-0.2, -0.15) is 0 Å². The second-order valence-electron chi connectivity index (χ2n) is 9.49. The molecule has 42 heavy (non-hydrogen) atoms. The zero-order valence-corrected chi connectivity index (χ0v) is 24.4. The average molecular weight is 574 g/mol. The molecular formula is C33H35NO8. The first-order valence-corrected chi connectivity index (χ1v) is 13.4. The smallest absolute Gasteiger partial charge is 0.404 e. The van der Waals surface area contributed by atoms with Crippen molar-refractivity contribution in [2.75, 3.05) is 35.5 Å². The molecule has 2 N–H and O–H groups in total. The molecule has 220 valence electrons. The van der Waals surface area contributed by atoms with Crippen LogP contribution >= 0.6 is 0 Å². The van der Waals surface area contributed by atoms with Crippen molar-refractivity contribution < 1.29 is 33.2 Å². The normalized spacial score (nSPS) is 11.5. The number of fused-ring (bicyclic) bond motifs is 4. The molecule has 0 spiro atoms. The van der Waals surface area contributed by atoms with Crippen molar-refractivity contribution in [1.29, 1.82) is 0 Å². The predicted octanol–water partition coefficient (Wildman–Crippen LogP) is 5.68. The number of rotatable bonds is 7. The zero-order valence-electron chi connectivity index (χ0n) is 24.4. The van der Waals surface area contributed by atoms with Gasteiger partial charge in [0, 0.05) is 5.56 Å². The van der Waals surface area contributed by atoms with Gasteiger partial charge in [0.1, 0.15) is 12.4 Å². The van der Waals surface area contributed by atoms with Crippen LogP contribution in [0, 0.1) is 0 Å². The Morgan fingerprint density at radius 1 is 0.762 bits per heavy atom. The second kappa shape index (κ2) is 13.6. The van der Waals surface area contributed by atoms with E-state index in [4.69, 9.17) is 34.2 Å².